The minimum atomic E-state index is -0.186. The molecule has 2 heteroatoms. The Kier molecular flexibility index (Phi) is 3.09. The van der Waals surface area contributed by atoms with Gasteiger partial charge >= 0.3 is 0 Å². The number of hydrogen-bond acceptors (Lipinski definition) is 0. The molecule has 0 saturated carbocycles. The zero-order valence-corrected chi connectivity index (χ0v) is 12.0. The van der Waals surface area contributed by atoms with Gasteiger partial charge in [-0.2, -0.15) is 0 Å². The number of benzene rings is 2. The predicted octanol–water partition coefficient (Wildman–Crippen LogP) is 4.78. The molecule has 102 valence electrons. The highest BCUT2D eigenvalue weighted by atomic mass is 19.1. The van der Waals surface area contributed by atoms with Gasteiger partial charge < -0.3 is 4.57 Å². The molecule has 1 unspecified atom stereocenters. The van der Waals surface area contributed by atoms with Crippen LogP contribution in [0, 0.1) is 12.7 Å². The van der Waals surface area contributed by atoms with E-state index in [1.54, 1.807) is 0 Å². The second-order valence-electron chi connectivity index (χ2n) is 5.43. The molecule has 0 radical (unpaired) electrons. The Labute approximate surface area is 118 Å². The summed E-state index contributed by atoms with van der Waals surface area (Å²) in [6, 6.07) is 13.3. The van der Waals surface area contributed by atoms with Crippen molar-refractivity contribution in [1.82, 2.24) is 4.57 Å². The lowest BCUT2D eigenvalue weighted by molar-refractivity contribution is 0.626. The maximum absolute atomic E-state index is 13.1. The van der Waals surface area contributed by atoms with E-state index >= 15 is 0 Å². The number of halogens is 1. The monoisotopic (exact) mass is 267 g/mol. The first kappa shape index (κ1) is 12.9. The molecule has 0 saturated heterocycles. The second-order valence-corrected chi connectivity index (χ2v) is 5.43. The van der Waals surface area contributed by atoms with Crippen LogP contribution < -0.4 is 0 Å². The minimum absolute atomic E-state index is 0.186. The Hall–Kier alpha value is -2.09. The molecule has 0 bridgehead atoms. The number of hydrogen-bond donors (Lipinski definition) is 0. The summed E-state index contributed by atoms with van der Waals surface area (Å²) in [5.41, 5.74) is 4.97. The van der Waals surface area contributed by atoms with Gasteiger partial charge in [0.05, 0.1) is 5.52 Å². The van der Waals surface area contributed by atoms with Crippen molar-refractivity contribution in [2.75, 3.05) is 0 Å². The fourth-order valence-electron chi connectivity index (χ4n) is 2.87. The fraction of sp³-hybridized carbons (Fsp3) is 0.222. The third-order valence-electron chi connectivity index (χ3n) is 4.12. The standard InChI is InChI=1S/C18H18FN/c1-12-4-9-17(18-16(12)10-11-20(18)3)13(2)14-5-7-15(19)8-6-14/h4-11,13H,1-3H3. The number of aryl methyl sites for hydroxylation is 2. The van der Waals surface area contributed by atoms with E-state index in [1.807, 2.05) is 12.1 Å². The summed E-state index contributed by atoms with van der Waals surface area (Å²) < 4.78 is 15.2. The maximum atomic E-state index is 13.1. The molecule has 0 N–H and O–H groups in total. The van der Waals surface area contributed by atoms with Crippen LogP contribution in [0.2, 0.25) is 0 Å². The quantitative estimate of drug-likeness (QED) is 0.630. The molecule has 0 aliphatic carbocycles. The van der Waals surface area contributed by atoms with Crippen molar-refractivity contribution in [1.29, 1.82) is 0 Å². The first-order valence-electron chi connectivity index (χ1n) is 6.88. The Balaban J connectivity index is 2.16. The van der Waals surface area contributed by atoms with Crippen LogP contribution in [-0.2, 0) is 7.05 Å². The van der Waals surface area contributed by atoms with Crippen molar-refractivity contribution in [2.45, 2.75) is 19.8 Å². The zero-order valence-electron chi connectivity index (χ0n) is 12.0. The van der Waals surface area contributed by atoms with Crippen molar-refractivity contribution >= 4 is 10.9 Å². The summed E-state index contributed by atoms with van der Waals surface area (Å²) in [6.45, 7) is 4.30. The third kappa shape index (κ3) is 2.01. The summed E-state index contributed by atoms with van der Waals surface area (Å²) in [4.78, 5) is 0. The first-order chi connectivity index (χ1) is 9.58. The molecule has 1 heterocycles. The van der Waals surface area contributed by atoms with Crippen LogP contribution in [0.5, 0.6) is 0 Å². The van der Waals surface area contributed by atoms with Crippen LogP contribution in [-0.4, -0.2) is 4.57 Å². The van der Waals surface area contributed by atoms with Crippen LogP contribution >= 0.6 is 0 Å². The van der Waals surface area contributed by atoms with Crippen molar-refractivity contribution in [2.24, 2.45) is 7.05 Å². The zero-order chi connectivity index (χ0) is 14.3. The lowest BCUT2D eigenvalue weighted by Gasteiger charge is -2.16. The normalized spacial score (nSPS) is 12.8. The number of nitrogens with zero attached hydrogens (tertiary/aromatic N) is 1. The van der Waals surface area contributed by atoms with E-state index in [4.69, 9.17) is 0 Å². The van der Waals surface area contributed by atoms with Gasteiger partial charge in [0.1, 0.15) is 5.82 Å². The van der Waals surface area contributed by atoms with E-state index in [-0.39, 0.29) is 11.7 Å². The van der Waals surface area contributed by atoms with Gasteiger partial charge in [-0.25, -0.2) is 4.39 Å². The fourth-order valence-corrected chi connectivity index (χ4v) is 2.87. The highest BCUT2D eigenvalue weighted by Crippen LogP contribution is 2.32. The van der Waals surface area contributed by atoms with E-state index in [0.29, 0.717) is 0 Å². The average molecular weight is 267 g/mol. The molecule has 0 aliphatic rings. The van der Waals surface area contributed by atoms with E-state index in [1.165, 1.54) is 34.2 Å². The van der Waals surface area contributed by atoms with Crippen molar-refractivity contribution in [3.8, 4) is 0 Å². The molecule has 0 aliphatic heterocycles. The Morgan fingerprint density at radius 1 is 1.00 bits per heavy atom. The summed E-state index contributed by atoms with van der Waals surface area (Å²) in [5.74, 6) is 0.0566. The average Bonchev–Trinajstić information content (AvgIpc) is 2.83. The molecule has 2 aromatic carbocycles. The van der Waals surface area contributed by atoms with E-state index in [9.17, 15) is 4.39 Å². The number of rotatable bonds is 2. The van der Waals surface area contributed by atoms with Crippen LogP contribution in [0.15, 0.2) is 48.7 Å². The Bertz CT molecular complexity index is 753. The van der Waals surface area contributed by atoms with Gasteiger partial charge in [-0.15, -0.1) is 0 Å². The molecule has 3 aromatic rings. The Morgan fingerprint density at radius 3 is 2.40 bits per heavy atom. The maximum Gasteiger partial charge on any atom is 0.123 e. The second kappa shape index (κ2) is 4.78. The molecule has 0 fully saturated rings. The molecule has 20 heavy (non-hydrogen) atoms. The van der Waals surface area contributed by atoms with E-state index in [2.05, 4.69) is 49.9 Å². The summed E-state index contributed by atoms with van der Waals surface area (Å²) in [7, 11) is 2.07. The third-order valence-corrected chi connectivity index (χ3v) is 4.12. The SMILES string of the molecule is Cc1ccc(C(C)c2ccc(F)cc2)c2c1ccn2C. The molecule has 1 aromatic heterocycles. The van der Waals surface area contributed by atoms with Gasteiger partial charge in [0.25, 0.3) is 0 Å². The van der Waals surface area contributed by atoms with Crippen LogP contribution in [0.3, 0.4) is 0 Å². The van der Waals surface area contributed by atoms with Crippen molar-refractivity contribution in [3.05, 3.63) is 71.2 Å². The molecule has 0 spiro atoms. The molecular formula is C18H18FN. The van der Waals surface area contributed by atoms with Crippen LogP contribution in [0.25, 0.3) is 10.9 Å². The molecule has 0 amide bonds. The Morgan fingerprint density at radius 2 is 1.70 bits per heavy atom. The van der Waals surface area contributed by atoms with Gasteiger partial charge in [-0.05, 0) is 41.8 Å². The van der Waals surface area contributed by atoms with Gasteiger partial charge in [0, 0.05) is 24.5 Å². The highest BCUT2D eigenvalue weighted by Gasteiger charge is 2.14. The largest absolute Gasteiger partial charge is 0.350 e. The summed E-state index contributed by atoms with van der Waals surface area (Å²) >= 11 is 0. The molecule has 1 nitrogen and oxygen atoms in total. The summed E-state index contributed by atoms with van der Waals surface area (Å²) in [6.07, 6.45) is 2.10. The molecule has 3 rings (SSSR count). The van der Waals surface area contributed by atoms with E-state index in [0.717, 1.165) is 5.56 Å². The van der Waals surface area contributed by atoms with E-state index < -0.39 is 0 Å². The van der Waals surface area contributed by atoms with Crippen molar-refractivity contribution < 1.29 is 4.39 Å². The molecular weight excluding hydrogens is 249 g/mol. The summed E-state index contributed by atoms with van der Waals surface area (Å²) in [5, 5.41) is 1.29. The lowest BCUT2D eigenvalue weighted by atomic mass is 9.90. The van der Waals surface area contributed by atoms with Crippen LogP contribution in [0.1, 0.15) is 29.5 Å². The smallest absolute Gasteiger partial charge is 0.123 e. The first-order valence-corrected chi connectivity index (χ1v) is 6.88. The predicted molar refractivity (Wildman–Crippen MR) is 81.6 cm³/mol. The topological polar surface area (TPSA) is 4.93 Å². The van der Waals surface area contributed by atoms with Gasteiger partial charge in [0.2, 0.25) is 0 Å². The van der Waals surface area contributed by atoms with Crippen LogP contribution in [0.4, 0.5) is 4.39 Å². The van der Waals surface area contributed by atoms with Gasteiger partial charge in [-0.1, -0.05) is 31.2 Å². The number of aromatic nitrogens is 1. The van der Waals surface area contributed by atoms with Gasteiger partial charge in [-0.3, -0.25) is 0 Å². The lowest BCUT2D eigenvalue weighted by Crippen LogP contribution is -2.00. The van der Waals surface area contributed by atoms with Crippen molar-refractivity contribution in [3.63, 3.8) is 0 Å². The minimum Gasteiger partial charge on any atom is -0.350 e. The van der Waals surface area contributed by atoms with Gasteiger partial charge in [0.15, 0.2) is 0 Å². The molecule has 1 atom stereocenters. The highest BCUT2D eigenvalue weighted by molar-refractivity contribution is 5.87. The number of fused-ring (bicyclic) bond motifs is 1.